The highest BCUT2D eigenvalue weighted by atomic mass is 79.9. The largest absolute Gasteiger partial charge is 0.465 e. The number of thioether (sulfide) groups is 1. The van der Waals surface area contributed by atoms with Crippen LogP contribution in [0.15, 0.2) is 62.6 Å². The number of carbonyl (C=O) groups excluding carboxylic acids is 2. The third kappa shape index (κ3) is 4.71. The Balaban J connectivity index is 1.44. The van der Waals surface area contributed by atoms with E-state index in [4.69, 9.17) is 4.42 Å². The van der Waals surface area contributed by atoms with E-state index < -0.39 is 5.97 Å². The van der Waals surface area contributed by atoms with Crippen molar-refractivity contribution < 1.29 is 18.7 Å². The van der Waals surface area contributed by atoms with Crippen LogP contribution in [0.4, 0.5) is 5.69 Å². The first-order valence-corrected chi connectivity index (χ1v) is 11.5. The molecule has 0 radical (unpaired) electrons. The van der Waals surface area contributed by atoms with Crippen molar-refractivity contribution in [3.8, 4) is 11.6 Å². The summed E-state index contributed by atoms with van der Waals surface area (Å²) in [4.78, 5) is 23.9. The lowest BCUT2D eigenvalue weighted by Crippen LogP contribution is -2.14. The number of benzene rings is 2. The van der Waals surface area contributed by atoms with Crippen molar-refractivity contribution in [3.05, 3.63) is 58.6 Å². The number of carbonyl (C=O) groups is 2. The van der Waals surface area contributed by atoms with Crippen LogP contribution in [0.5, 0.6) is 0 Å². The van der Waals surface area contributed by atoms with E-state index in [-0.39, 0.29) is 11.7 Å². The second kappa shape index (κ2) is 9.58. The Morgan fingerprint density at radius 1 is 1.16 bits per heavy atom. The van der Waals surface area contributed by atoms with E-state index in [0.29, 0.717) is 34.5 Å². The highest BCUT2D eigenvalue weighted by molar-refractivity contribution is 9.10. The van der Waals surface area contributed by atoms with E-state index in [1.807, 2.05) is 35.8 Å². The smallest absolute Gasteiger partial charge is 0.337 e. The van der Waals surface area contributed by atoms with Crippen molar-refractivity contribution in [2.75, 3.05) is 18.2 Å². The summed E-state index contributed by atoms with van der Waals surface area (Å²) in [6.45, 7) is 2.61. The number of hydrogen-bond acceptors (Lipinski definition) is 7. The maximum Gasteiger partial charge on any atom is 0.337 e. The molecule has 2 aromatic carbocycles. The number of fused-ring (bicyclic) bond motifs is 1. The van der Waals surface area contributed by atoms with Gasteiger partial charge in [-0.1, -0.05) is 27.7 Å². The molecule has 4 rings (SSSR count). The number of ether oxygens (including phenoxy) is 1. The number of amides is 1. The standard InChI is InChI=1S/C22H19BrN4O4S/c1-3-27-20(18-11-14-10-15(23)6-9-17(14)31-18)25-26-22(27)32-12-19(28)24-16-7-4-13(5-8-16)21(29)30-2/h4-11H,3,12H2,1-2H3,(H,24,28). The quantitative estimate of drug-likeness (QED) is 0.274. The summed E-state index contributed by atoms with van der Waals surface area (Å²) >= 11 is 4.75. The molecule has 0 aliphatic heterocycles. The summed E-state index contributed by atoms with van der Waals surface area (Å²) in [5.41, 5.74) is 1.77. The highest BCUT2D eigenvalue weighted by Crippen LogP contribution is 2.30. The molecule has 0 atom stereocenters. The Morgan fingerprint density at radius 3 is 2.66 bits per heavy atom. The van der Waals surface area contributed by atoms with E-state index in [9.17, 15) is 9.59 Å². The van der Waals surface area contributed by atoms with E-state index in [0.717, 1.165) is 15.4 Å². The van der Waals surface area contributed by atoms with Crippen LogP contribution in [0, 0.1) is 0 Å². The second-order valence-electron chi connectivity index (χ2n) is 6.75. The van der Waals surface area contributed by atoms with Crippen molar-refractivity contribution >= 4 is 56.2 Å². The number of halogens is 1. The predicted octanol–water partition coefficient (Wildman–Crippen LogP) is 4.99. The van der Waals surface area contributed by atoms with Gasteiger partial charge in [-0.2, -0.15) is 0 Å². The summed E-state index contributed by atoms with van der Waals surface area (Å²) in [6.07, 6.45) is 0. The van der Waals surface area contributed by atoms with Crippen LogP contribution in [0.3, 0.4) is 0 Å². The molecule has 0 aliphatic rings. The average Bonchev–Trinajstić information content (AvgIpc) is 3.40. The van der Waals surface area contributed by atoms with Gasteiger partial charge in [-0.3, -0.25) is 9.36 Å². The number of furan rings is 1. The molecule has 4 aromatic rings. The molecule has 164 valence electrons. The van der Waals surface area contributed by atoms with Gasteiger partial charge in [-0.05, 0) is 55.5 Å². The minimum Gasteiger partial charge on any atom is -0.465 e. The van der Waals surface area contributed by atoms with Gasteiger partial charge >= 0.3 is 5.97 Å². The molecule has 32 heavy (non-hydrogen) atoms. The van der Waals surface area contributed by atoms with E-state index in [1.54, 1.807) is 24.3 Å². The number of anilines is 1. The molecule has 0 saturated heterocycles. The summed E-state index contributed by atoms with van der Waals surface area (Å²) in [6, 6.07) is 14.2. The van der Waals surface area contributed by atoms with Crippen LogP contribution in [0.1, 0.15) is 17.3 Å². The molecular formula is C22H19BrN4O4S. The minimum atomic E-state index is -0.426. The highest BCUT2D eigenvalue weighted by Gasteiger charge is 2.18. The number of nitrogens with one attached hydrogen (secondary N) is 1. The monoisotopic (exact) mass is 514 g/mol. The molecule has 2 aromatic heterocycles. The summed E-state index contributed by atoms with van der Waals surface area (Å²) in [7, 11) is 1.32. The Kier molecular flexibility index (Phi) is 6.61. The molecular weight excluding hydrogens is 496 g/mol. The SMILES string of the molecule is CCn1c(SCC(=O)Nc2ccc(C(=O)OC)cc2)nnc1-c1cc2cc(Br)ccc2o1. The van der Waals surface area contributed by atoms with Crippen molar-refractivity contribution in [3.63, 3.8) is 0 Å². The van der Waals surface area contributed by atoms with Crippen molar-refractivity contribution in [1.29, 1.82) is 0 Å². The zero-order valence-corrected chi connectivity index (χ0v) is 19.7. The van der Waals surface area contributed by atoms with Crippen LogP contribution in [-0.2, 0) is 16.1 Å². The third-order valence-electron chi connectivity index (χ3n) is 4.65. The van der Waals surface area contributed by atoms with Gasteiger partial charge in [-0.25, -0.2) is 4.79 Å². The minimum absolute atomic E-state index is 0.157. The van der Waals surface area contributed by atoms with Gasteiger partial charge in [0.15, 0.2) is 10.9 Å². The summed E-state index contributed by atoms with van der Waals surface area (Å²) in [5.74, 6) is 0.770. The van der Waals surface area contributed by atoms with Gasteiger partial charge in [0, 0.05) is 22.1 Å². The number of esters is 1. The summed E-state index contributed by atoms with van der Waals surface area (Å²) < 4.78 is 13.5. The number of rotatable bonds is 7. The van der Waals surface area contributed by atoms with Crippen LogP contribution in [-0.4, -0.2) is 39.5 Å². The fourth-order valence-corrected chi connectivity index (χ4v) is 4.30. The van der Waals surface area contributed by atoms with Gasteiger partial charge in [-0.15, -0.1) is 10.2 Å². The molecule has 0 aliphatic carbocycles. The van der Waals surface area contributed by atoms with Crippen LogP contribution >= 0.6 is 27.7 Å². The Morgan fingerprint density at radius 2 is 1.94 bits per heavy atom. The zero-order chi connectivity index (χ0) is 22.7. The predicted molar refractivity (Wildman–Crippen MR) is 126 cm³/mol. The molecule has 2 heterocycles. The Hall–Kier alpha value is -3.11. The number of hydrogen-bond donors (Lipinski definition) is 1. The normalized spacial score (nSPS) is 11.0. The van der Waals surface area contributed by atoms with Crippen molar-refractivity contribution in [2.45, 2.75) is 18.6 Å². The third-order valence-corrected chi connectivity index (χ3v) is 6.11. The molecule has 0 saturated carbocycles. The lowest BCUT2D eigenvalue weighted by Gasteiger charge is -2.07. The van der Waals surface area contributed by atoms with E-state index >= 15 is 0 Å². The van der Waals surface area contributed by atoms with Gasteiger partial charge in [0.1, 0.15) is 5.58 Å². The lowest BCUT2D eigenvalue weighted by molar-refractivity contribution is -0.113. The topological polar surface area (TPSA) is 99.2 Å². The maximum absolute atomic E-state index is 12.4. The first-order chi connectivity index (χ1) is 15.5. The van der Waals surface area contributed by atoms with E-state index in [1.165, 1.54) is 18.9 Å². The molecule has 8 nitrogen and oxygen atoms in total. The van der Waals surface area contributed by atoms with Crippen LogP contribution in [0.25, 0.3) is 22.6 Å². The van der Waals surface area contributed by atoms with Gasteiger partial charge < -0.3 is 14.5 Å². The summed E-state index contributed by atoms with van der Waals surface area (Å²) in [5, 5.41) is 12.9. The zero-order valence-electron chi connectivity index (χ0n) is 17.3. The average molecular weight is 515 g/mol. The molecule has 0 spiro atoms. The lowest BCUT2D eigenvalue weighted by atomic mass is 10.2. The molecule has 0 unspecified atom stereocenters. The van der Waals surface area contributed by atoms with Crippen molar-refractivity contribution in [1.82, 2.24) is 14.8 Å². The van der Waals surface area contributed by atoms with Crippen molar-refractivity contribution in [2.24, 2.45) is 0 Å². The molecule has 0 bridgehead atoms. The maximum atomic E-state index is 12.4. The van der Waals surface area contributed by atoms with E-state index in [2.05, 4.69) is 36.2 Å². The van der Waals surface area contributed by atoms with Gasteiger partial charge in [0.05, 0.1) is 18.4 Å². The fraction of sp³-hybridized carbons (Fsp3) is 0.182. The van der Waals surface area contributed by atoms with Gasteiger partial charge in [0.2, 0.25) is 11.7 Å². The first-order valence-electron chi connectivity index (χ1n) is 9.72. The number of aromatic nitrogens is 3. The number of nitrogens with zero attached hydrogens (tertiary/aromatic N) is 3. The second-order valence-corrected chi connectivity index (χ2v) is 8.61. The molecule has 1 N–H and O–H groups in total. The van der Waals surface area contributed by atoms with Gasteiger partial charge in [0.25, 0.3) is 0 Å². The first kappa shape index (κ1) is 22.1. The molecule has 10 heteroatoms. The molecule has 1 amide bonds. The van der Waals surface area contributed by atoms with Crippen LogP contribution < -0.4 is 5.32 Å². The number of methoxy groups -OCH3 is 1. The Bertz CT molecular complexity index is 1280. The molecule has 0 fully saturated rings. The fourth-order valence-electron chi connectivity index (χ4n) is 3.12. The van der Waals surface area contributed by atoms with Crippen LogP contribution in [0.2, 0.25) is 0 Å². The Labute approximate surface area is 196 Å².